The van der Waals surface area contributed by atoms with Gasteiger partial charge in [0.15, 0.2) is 0 Å². The first-order valence-electron chi connectivity index (χ1n) is 15.1. The van der Waals surface area contributed by atoms with Crippen LogP contribution in [0.2, 0.25) is 0 Å². The number of likely N-dealkylation sites (tertiary alicyclic amines) is 1. The smallest absolute Gasteiger partial charge is 0.306 e. The van der Waals surface area contributed by atoms with Crippen molar-refractivity contribution in [3.05, 3.63) is 61.2 Å². The fourth-order valence-electron chi connectivity index (χ4n) is 6.85. The zero-order valence-electron chi connectivity index (χ0n) is 25.7. The molecule has 0 aliphatic carbocycles. The number of carbonyl (C=O) groups is 4. The van der Waals surface area contributed by atoms with Crippen LogP contribution in [0.15, 0.2) is 55.6 Å². The Morgan fingerprint density at radius 1 is 1.23 bits per heavy atom. The number of benzene rings is 1. The largest absolute Gasteiger partial charge is 0.463 e. The standard InChI is InChI=1S/C33H45N3O7/c1-7-9-15-25(38)42-20-23(22-13-11-10-12-14-22)34-29(39)26-24-16-17-33(43-24)27(26)30(40)36(21(3)19-37)28(33)31(41)35(18-8-2)32(4,5)6/h7-8,10-14,21,23-24,26-28,37H,1-2,9,15-20H2,3-6H3,(H,34,39)/t21-,23-,24+,26-,27-,28+,33-/m1/s1. The van der Waals surface area contributed by atoms with Crippen LogP contribution in [0.25, 0.3) is 0 Å². The molecule has 2 bridgehead atoms. The van der Waals surface area contributed by atoms with Crippen molar-refractivity contribution in [3.63, 3.8) is 0 Å². The molecule has 10 nitrogen and oxygen atoms in total. The molecule has 3 aliphatic rings. The van der Waals surface area contributed by atoms with Gasteiger partial charge in [0.25, 0.3) is 0 Å². The van der Waals surface area contributed by atoms with E-state index in [0.717, 1.165) is 5.56 Å². The SMILES string of the molecule is C=CCCC(=O)OC[C@@H](NC(=O)[C@@H]1[C@@H]2CC[C@]3(O2)[C@H](C(=O)N(CC=C)C(C)(C)C)N([C@H](C)CO)C(=O)[C@@H]13)c1ccccc1. The molecule has 7 atom stereocenters. The Morgan fingerprint density at radius 3 is 2.53 bits per heavy atom. The summed E-state index contributed by atoms with van der Waals surface area (Å²) < 4.78 is 12.0. The molecule has 3 amide bonds. The molecular weight excluding hydrogens is 550 g/mol. The van der Waals surface area contributed by atoms with E-state index in [9.17, 15) is 24.3 Å². The quantitative estimate of drug-likeness (QED) is 0.265. The van der Waals surface area contributed by atoms with E-state index < -0.39 is 59.1 Å². The minimum Gasteiger partial charge on any atom is -0.463 e. The molecule has 3 heterocycles. The number of allylic oxidation sites excluding steroid dienone is 1. The monoisotopic (exact) mass is 595 g/mol. The third-order valence-corrected chi connectivity index (χ3v) is 8.88. The highest BCUT2D eigenvalue weighted by atomic mass is 16.5. The maximum absolute atomic E-state index is 14.3. The third kappa shape index (κ3) is 6.13. The van der Waals surface area contributed by atoms with Crippen molar-refractivity contribution in [1.82, 2.24) is 15.1 Å². The number of nitrogens with one attached hydrogen (secondary N) is 1. The number of fused-ring (bicyclic) bond motifs is 1. The lowest BCUT2D eigenvalue weighted by Crippen LogP contribution is -2.61. The summed E-state index contributed by atoms with van der Waals surface area (Å²) in [5.41, 5.74) is -1.03. The minimum atomic E-state index is -1.20. The van der Waals surface area contributed by atoms with Crippen molar-refractivity contribution >= 4 is 23.7 Å². The van der Waals surface area contributed by atoms with Gasteiger partial charge in [-0.2, -0.15) is 0 Å². The van der Waals surface area contributed by atoms with Crippen molar-refractivity contribution in [2.24, 2.45) is 11.8 Å². The fraction of sp³-hybridized carbons (Fsp3) is 0.576. The van der Waals surface area contributed by atoms with E-state index in [-0.39, 0.29) is 38.0 Å². The second kappa shape index (κ2) is 13.0. The van der Waals surface area contributed by atoms with Gasteiger partial charge in [0.1, 0.15) is 18.2 Å². The number of rotatable bonds is 13. The van der Waals surface area contributed by atoms with Crippen LogP contribution < -0.4 is 5.32 Å². The van der Waals surface area contributed by atoms with Crippen LogP contribution in [0.3, 0.4) is 0 Å². The Hall–Kier alpha value is -3.50. The number of aliphatic hydroxyl groups is 1. The minimum absolute atomic E-state index is 0.0788. The van der Waals surface area contributed by atoms with E-state index in [4.69, 9.17) is 9.47 Å². The summed E-state index contributed by atoms with van der Waals surface area (Å²) in [5.74, 6) is -3.21. The Morgan fingerprint density at radius 2 is 1.93 bits per heavy atom. The summed E-state index contributed by atoms with van der Waals surface area (Å²) in [7, 11) is 0. The summed E-state index contributed by atoms with van der Waals surface area (Å²) in [6.45, 7) is 14.7. The summed E-state index contributed by atoms with van der Waals surface area (Å²) in [5, 5.41) is 13.1. The Labute approximate surface area is 254 Å². The molecule has 3 aliphatic heterocycles. The summed E-state index contributed by atoms with van der Waals surface area (Å²) in [4.78, 5) is 57.9. The highest BCUT2D eigenvalue weighted by Gasteiger charge is 2.75. The number of ether oxygens (including phenoxy) is 2. The Balaban J connectivity index is 1.65. The Kier molecular flexibility index (Phi) is 9.81. The van der Waals surface area contributed by atoms with Crippen LogP contribution in [0.5, 0.6) is 0 Å². The molecule has 234 valence electrons. The number of carbonyl (C=O) groups excluding carboxylic acids is 4. The normalized spacial score (nSPS) is 27.3. The first-order valence-corrected chi connectivity index (χ1v) is 15.1. The van der Waals surface area contributed by atoms with Crippen LogP contribution in [-0.2, 0) is 28.7 Å². The number of amides is 3. The van der Waals surface area contributed by atoms with Gasteiger partial charge in [-0.1, -0.05) is 42.5 Å². The van der Waals surface area contributed by atoms with Gasteiger partial charge in [-0.25, -0.2) is 0 Å². The van der Waals surface area contributed by atoms with Crippen molar-refractivity contribution in [3.8, 4) is 0 Å². The summed E-state index contributed by atoms with van der Waals surface area (Å²) in [6.07, 6.45) is 4.35. The Bertz CT molecular complexity index is 1230. The lowest BCUT2D eigenvalue weighted by molar-refractivity contribution is -0.154. The average molecular weight is 596 g/mol. The van der Waals surface area contributed by atoms with Gasteiger partial charge in [-0.15, -0.1) is 13.2 Å². The van der Waals surface area contributed by atoms with Gasteiger partial charge in [-0.05, 0) is 52.5 Å². The first kappa shape index (κ1) is 32.4. The van der Waals surface area contributed by atoms with Crippen molar-refractivity contribution < 1.29 is 33.8 Å². The molecule has 0 aromatic heterocycles. The number of hydrogen-bond acceptors (Lipinski definition) is 7. The molecular formula is C33H45N3O7. The number of aliphatic hydroxyl groups excluding tert-OH is 1. The lowest BCUT2D eigenvalue weighted by atomic mass is 9.70. The number of esters is 1. The van der Waals surface area contributed by atoms with Crippen LogP contribution >= 0.6 is 0 Å². The van der Waals surface area contributed by atoms with Gasteiger partial charge < -0.3 is 29.7 Å². The van der Waals surface area contributed by atoms with E-state index in [2.05, 4.69) is 18.5 Å². The zero-order valence-corrected chi connectivity index (χ0v) is 25.7. The molecule has 4 rings (SSSR count). The molecule has 3 fully saturated rings. The molecule has 1 aromatic carbocycles. The van der Waals surface area contributed by atoms with E-state index in [1.165, 1.54) is 4.90 Å². The van der Waals surface area contributed by atoms with E-state index in [0.29, 0.717) is 19.3 Å². The predicted molar refractivity (Wildman–Crippen MR) is 160 cm³/mol. The molecule has 0 unspecified atom stereocenters. The van der Waals surface area contributed by atoms with E-state index in [1.54, 1.807) is 24.0 Å². The van der Waals surface area contributed by atoms with Gasteiger partial charge in [0.2, 0.25) is 17.7 Å². The van der Waals surface area contributed by atoms with Crippen LogP contribution in [0.4, 0.5) is 0 Å². The fourth-order valence-corrected chi connectivity index (χ4v) is 6.85. The molecule has 10 heteroatoms. The lowest BCUT2D eigenvalue weighted by Gasteiger charge is -2.43. The van der Waals surface area contributed by atoms with Crippen LogP contribution in [0.1, 0.15) is 65.0 Å². The topological polar surface area (TPSA) is 125 Å². The van der Waals surface area contributed by atoms with Gasteiger partial charge in [0.05, 0.1) is 36.6 Å². The number of nitrogens with zero attached hydrogens (tertiary/aromatic N) is 2. The van der Waals surface area contributed by atoms with Gasteiger partial charge in [0, 0.05) is 18.5 Å². The number of hydrogen-bond donors (Lipinski definition) is 2. The molecule has 2 N–H and O–H groups in total. The van der Waals surface area contributed by atoms with E-state index in [1.807, 2.05) is 51.1 Å². The molecule has 1 aromatic rings. The van der Waals surface area contributed by atoms with Crippen LogP contribution in [0, 0.1) is 11.8 Å². The zero-order chi connectivity index (χ0) is 31.5. The van der Waals surface area contributed by atoms with Gasteiger partial charge >= 0.3 is 5.97 Å². The molecule has 3 saturated heterocycles. The second-order valence-corrected chi connectivity index (χ2v) is 12.7. The van der Waals surface area contributed by atoms with E-state index >= 15 is 0 Å². The molecule has 0 saturated carbocycles. The van der Waals surface area contributed by atoms with Crippen molar-refractivity contribution in [2.45, 2.75) is 88.7 Å². The molecule has 0 radical (unpaired) electrons. The van der Waals surface area contributed by atoms with Crippen LogP contribution in [-0.4, -0.2) is 87.7 Å². The molecule has 43 heavy (non-hydrogen) atoms. The van der Waals surface area contributed by atoms with Gasteiger partial charge in [-0.3, -0.25) is 19.2 Å². The maximum Gasteiger partial charge on any atom is 0.306 e. The van der Waals surface area contributed by atoms with Crippen molar-refractivity contribution in [1.29, 1.82) is 0 Å². The summed E-state index contributed by atoms with van der Waals surface area (Å²) >= 11 is 0. The maximum atomic E-state index is 14.3. The third-order valence-electron chi connectivity index (χ3n) is 8.88. The molecule has 1 spiro atoms. The second-order valence-electron chi connectivity index (χ2n) is 12.7. The summed E-state index contributed by atoms with van der Waals surface area (Å²) in [6, 6.07) is 6.88. The highest BCUT2D eigenvalue weighted by molar-refractivity contribution is 5.99. The predicted octanol–water partition coefficient (Wildman–Crippen LogP) is 2.92. The first-order chi connectivity index (χ1) is 20.4. The van der Waals surface area contributed by atoms with Crippen molar-refractivity contribution in [2.75, 3.05) is 19.8 Å². The average Bonchev–Trinajstić information content (AvgIpc) is 3.63. The highest BCUT2D eigenvalue weighted by Crippen LogP contribution is 2.59.